The van der Waals surface area contributed by atoms with Crippen LogP contribution in [0.15, 0.2) is 53.0 Å². The molecule has 3 aromatic rings. The van der Waals surface area contributed by atoms with E-state index in [9.17, 15) is 4.79 Å². The third-order valence-electron chi connectivity index (χ3n) is 3.98. The number of hydrogen-bond donors (Lipinski definition) is 1. The summed E-state index contributed by atoms with van der Waals surface area (Å²) in [5, 5.41) is 2.97. The number of carbonyl (C=O) groups excluding carboxylic acids is 1. The van der Waals surface area contributed by atoms with Gasteiger partial charge in [0.05, 0.1) is 17.6 Å². The number of unbranched alkanes of at least 4 members (excludes halogenated alkanes) is 1. The average molecular weight is 386 g/mol. The van der Waals surface area contributed by atoms with E-state index in [0.29, 0.717) is 12.1 Å². The van der Waals surface area contributed by atoms with Crippen LogP contribution in [0.25, 0.3) is 11.0 Å². The first-order valence-electron chi connectivity index (χ1n) is 8.17. The van der Waals surface area contributed by atoms with Crippen molar-refractivity contribution >= 4 is 32.9 Å². The highest BCUT2D eigenvalue weighted by Crippen LogP contribution is 2.17. The molecule has 0 unspecified atom stereocenters. The number of para-hydroxylation sites is 2. The first kappa shape index (κ1) is 16.7. The maximum Gasteiger partial charge on any atom is 0.251 e. The zero-order valence-corrected chi connectivity index (χ0v) is 15.2. The number of halogens is 1. The predicted octanol–water partition coefficient (Wildman–Crippen LogP) is 4.53. The molecule has 4 nitrogen and oxygen atoms in total. The van der Waals surface area contributed by atoms with Crippen molar-refractivity contribution in [3.8, 4) is 0 Å². The molecule has 0 atom stereocenters. The monoisotopic (exact) mass is 385 g/mol. The van der Waals surface area contributed by atoms with Crippen LogP contribution in [0.5, 0.6) is 0 Å². The van der Waals surface area contributed by atoms with Crippen LogP contribution in [0.1, 0.15) is 35.9 Å². The molecule has 0 bridgehead atoms. The minimum atomic E-state index is -0.0865. The van der Waals surface area contributed by atoms with Crippen LogP contribution in [-0.4, -0.2) is 15.5 Å². The molecule has 0 radical (unpaired) electrons. The molecule has 2 aromatic carbocycles. The maximum atomic E-state index is 12.3. The van der Waals surface area contributed by atoms with Crippen molar-refractivity contribution < 1.29 is 4.79 Å². The summed E-state index contributed by atoms with van der Waals surface area (Å²) in [5.41, 5.74) is 2.75. The molecule has 1 aromatic heterocycles. The van der Waals surface area contributed by atoms with Crippen LogP contribution in [0.3, 0.4) is 0 Å². The number of benzene rings is 2. The zero-order valence-electron chi connectivity index (χ0n) is 13.6. The second-order valence-electron chi connectivity index (χ2n) is 5.71. The third kappa shape index (κ3) is 3.67. The summed E-state index contributed by atoms with van der Waals surface area (Å²) in [7, 11) is 0. The Morgan fingerprint density at radius 2 is 1.92 bits per heavy atom. The van der Waals surface area contributed by atoms with Crippen molar-refractivity contribution in [1.82, 2.24) is 14.9 Å². The maximum absolute atomic E-state index is 12.3. The fraction of sp³-hybridized carbons (Fsp3) is 0.263. The van der Waals surface area contributed by atoms with Gasteiger partial charge < -0.3 is 9.88 Å². The summed E-state index contributed by atoms with van der Waals surface area (Å²) in [6.45, 7) is 3.52. The summed E-state index contributed by atoms with van der Waals surface area (Å²) in [6, 6.07) is 15.5. The van der Waals surface area contributed by atoms with Gasteiger partial charge in [0.2, 0.25) is 0 Å². The van der Waals surface area contributed by atoms with Gasteiger partial charge in [-0.3, -0.25) is 4.79 Å². The van der Waals surface area contributed by atoms with Gasteiger partial charge in [0.15, 0.2) is 0 Å². The van der Waals surface area contributed by atoms with Crippen molar-refractivity contribution in [2.45, 2.75) is 32.9 Å². The molecule has 0 saturated carbocycles. The molecular formula is C19H20BrN3O. The highest BCUT2D eigenvalue weighted by Gasteiger charge is 2.12. The first-order valence-corrected chi connectivity index (χ1v) is 8.96. The van der Waals surface area contributed by atoms with Crippen LogP contribution in [0.2, 0.25) is 0 Å². The molecule has 0 aliphatic rings. The standard InChI is InChI=1S/C19H20BrN3O/c1-2-3-12-23-17-7-5-4-6-16(17)22-18(23)13-21-19(24)14-8-10-15(20)11-9-14/h4-11H,2-3,12-13H2,1H3,(H,21,24). The number of imidazole rings is 1. The largest absolute Gasteiger partial charge is 0.345 e. The number of fused-ring (bicyclic) bond motifs is 1. The van der Waals surface area contributed by atoms with Crippen LogP contribution in [-0.2, 0) is 13.1 Å². The lowest BCUT2D eigenvalue weighted by Crippen LogP contribution is -2.24. The fourth-order valence-corrected chi connectivity index (χ4v) is 2.95. The van der Waals surface area contributed by atoms with E-state index in [0.717, 1.165) is 40.7 Å². The smallest absolute Gasteiger partial charge is 0.251 e. The number of nitrogens with zero attached hydrogens (tertiary/aromatic N) is 2. The molecule has 0 spiro atoms. The molecule has 1 N–H and O–H groups in total. The Morgan fingerprint density at radius 1 is 1.17 bits per heavy atom. The quantitative estimate of drug-likeness (QED) is 0.677. The van der Waals surface area contributed by atoms with E-state index in [4.69, 9.17) is 0 Å². The number of nitrogens with one attached hydrogen (secondary N) is 1. The van der Waals surface area contributed by atoms with Gasteiger partial charge in [-0.1, -0.05) is 41.4 Å². The van der Waals surface area contributed by atoms with E-state index in [1.165, 1.54) is 0 Å². The van der Waals surface area contributed by atoms with Crippen molar-refractivity contribution in [1.29, 1.82) is 0 Å². The Kier molecular flexibility index (Phi) is 5.30. The average Bonchev–Trinajstić information content (AvgIpc) is 2.96. The Hall–Kier alpha value is -2.14. The molecule has 3 rings (SSSR count). The minimum Gasteiger partial charge on any atom is -0.345 e. The van der Waals surface area contributed by atoms with Gasteiger partial charge in [-0.05, 0) is 42.8 Å². The lowest BCUT2D eigenvalue weighted by Gasteiger charge is -2.10. The van der Waals surface area contributed by atoms with Gasteiger partial charge in [-0.2, -0.15) is 0 Å². The molecule has 1 amide bonds. The van der Waals surface area contributed by atoms with Gasteiger partial charge in [0, 0.05) is 16.6 Å². The lowest BCUT2D eigenvalue weighted by molar-refractivity contribution is 0.0949. The molecule has 1 heterocycles. The van der Waals surface area contributed by atoms with Crippen molar-refractivity contribution in [3.63, 3.8) is 0 Å². The van der Waals surface area contributed by atoms with Crippen LogP contribution < -0.4 is 5.32 Å². The highest BCUT2D eigenvalue weighted by molar-refractivity contribution is 9.10. The van der Waals surface area contributed by atoms with E-state index < -0.39 is 0 Å². The second-order valence-corrected chi connectivity index (χ2v) is 6.63. The number of amides is 1. The molecule has 0 fully saturated rings. The summed E-state index contributed by atoms with van der Waals surface area (Å²) in [4.78, 5) is 17.0. The summed E-state index contributed by atoms with van der Waals surface area (Å²) in [6.07, 6.45) is 2.21. The molecule has 0 saturated heterocycles. The Balaban J connectivity index is 1.78. The van der Waals surface area contributed by atoms with Crippen LogP contribution in [0.4, 0.5) is 0 Å². The van der Waals surface area contributed by atoms with Crippen molar-refractivity contribution in [2.24, 2.45) is 0 Å². The lowest BCUT2D eigenvalue weighted by atomic mass is 10.2. The van der Waals surface area contributed by atoms with E-state index in [1.54, 1.807) is 12.1 Å². The third-order valence-corrected chi connectivity index (χ3v) is 4.51. The van der Waals surface area contributed by atoms with Gasteiger partial charge in [-0.15, -0.1) is 0 Å². The number of rotatable bonds is 6. The Morgan fingerprint density at radius 3 is 2.67 bits per heavy atom. The SMILES string of the molecule is CCCCn1c(CNC(=O)c2ccc(Br)cc2)nc2ccccc21. The fourth-order valence-electron chi connectivity index (χ4n) is 2.69. The van der Waals surface area contributed by atoms with E-state index >= 15 is 0 Å². The van der Waals surface area contributed by atoms with E-state index in [2.05, 4.69) is 43.8 Å². The van der Waals surface area contributed by atoms with Crippen LogP contribution in [0, 0.1) is 0 Å². The number of hydrogen-bond acceptors (Lipinski definition) is 2. The Bertz CT molecular complexity index is 839. The van der Waals surface area contributed by atoms with Gasteiger partial charge in [0.25, 0.3) is 5.91 Å². The molecule has 0 aliphatic carbocycles. The number of aromatic nitrogens is 2. The summed E-state index contributed by atoms with van der Waals surface area (Å²) >= 11 is 3.38. The molecular weight excluding hydrogens is 366 g/mol. The minimum absolute atomic E-state index is 0.0865. The van der Waals surface area contributed by atoms with E-state index in [1.807, 2.05) is 30.3 Å². The van der Waals surface area contributed by atoms with Gasteiger partial charge in [0.1, 0.15) is 5.82 Å². The number of aryl methyl sites for hydroxylation is 1. The Labute approximate surface area is 150 Å². The summed E-state index contributed by atoms with van der Waals surface area (Å²) in [5.74, 6) is 0.812. The topological polar surface area (TPSA) is 46.9 Å². The summed E-state index contributed by atoms with van der Waals surface area (Å²) < 4.78 is 3.17. The van der Waals surface area contributed by atoms with Gasteiger partial charge in [-0.25, -0.2) is 4.98 Å². The molecule has 0 aliphatic heterocycles. The van der Waals surface area contributed by atoms with E-state index in [-0.39, 0.29) is 5.91 Å². The van der Waals surface area contributed by atoms with Crippen molar-refractivity contribution in [3.05, 3.63) is 64.4 Å². The zero-order chi connectivity index (χ0) is 16.9. The highest BCUT2D eigenvalue weighted by atomic mass is 79.9. The van der Waals surface area contributed by atoms with Crippen molar-refractivity contribution in [2.75, 3.05) is 0 Å². The van der Waals surface area contributed by atoms with Crippen LogP contribution >= 0.6 is 15.9 Å². The predicted molar refractivity (Wildman–Crippen MR) is 100.0 cm³/mol. The normalized spacial score (nSPS) is 10.9. The molecule has 124 valence electrons. The molecule has 5 heteroatoms. The first-order chi connectivity index (χ1) is 11.7. The second kappa shape index (κ2) is 7.62. The van der Waals surface area contributed by atoms with Gasteiger partial charge >= 0.3 is 0 Å². The number of carbonyl (C=O) groups is 1. The molecule has 24 heavy (non-hydrogen) atoms.